The third-order valence-electron chi connectivity index (χ3n) is 3.06. The van der Waals surface area contributed by atoms with Gasteiger partial charge < -0.3 is 0 Å². The fraction of sp³-hybridized carbons (Fsp3) is 0.333. The van der Waals surface area contributed by atoms with Crippen LogP contribution < -0.4 is 0 Å². The molecule has 0 unspecified atom stereocenters. The van der Waals surface area contributed by atoms with Gasteiger partial charge in [-0.3, -0.25) is 0 Å². The number of aromatic nitrogens is 2. The zero-order valence-electron chi connectivity index (χ0n) is 10.9. The molecular weight excluding hydrogens is 288 g/mol. The molecule has 0 spiro atoms. The molecule has 0 aliphatic carbocycles. The van der Waals surface area contributed by atoms with Gasteiger partial charge in [0, 0.05) is 28.3 Å². The van der Waals surface area contributed by atoms with Crippen LogP contribution in [0.2, 0.25) is 0 Å². The van der Waals surface area contributed by atoms with E-state index in [9.17, 15) is 0 Å². The number of alkyl halides is 1. The molecular formula is C15H17BrN2. The molecule has 1 aromatic carbocycles. The van der Waals surface area contributed by atoms with Crippen molar-refractivity contribution >= 4 is 15.9 Å². The second kappa shape index (κ2) is 5.61. The summed E-state index contributed by atoms with van der Waals surface area (Å²) in [6, 6.07) is 8.49. The number of benzene rings is 1. The van der Waals surface area contributed by atoms with E-state index in [0.717, 1.165) is 28.0 Å². The van der Waals surface area contributed by atoms with Crippen molar-refractivity contribution in [3.05, 3.63) is 47.3 Å². The first-order chi connectivity index (χ1) is 8.61. The first kappa shape index (κ1) is 13.2. The Morgan fingerprint density at radius 1 is 1.17 bits per heavy atom. The maximum absolute atomic E-state index is 4.55. The maximum Gasteiger partial charge on any atom is 0.159 e. The number of hydrogen-bond acceptors (Lipinski definition) is 2. The van der Waals surface area contributed by atoms with Gasteiger partial charge in [0.15, 0.2) is 5.82 Å². The van der Waals surface area contributed by atoms with Crippen molar-refractivity contribution in [1.82, 2.24) is 9.97 Å². The second-order valence-electron chi connectivity index (χ2n) is 4.71. The molecule has 0 amide bonds. The standard InChI is InChI=1S/C15H17BrN2/c1-10(2)12-4-6-13(7-5-12)15-17-9-14(8-16)11(3)18-15/h4-7,9-10H,8H2,1-3H3. The highest BCUT2D eigenvalue weighted by molar-refractivity contribution is 9.08. The fourth-order valence-corrected chi connectivity index (χ4v) is 2.33. The van der Waals surface area contributed by atoms with E-state index in [1.54, 1.807) is 0 Å². The third kappa shape index (κ3) is 2.78. The lowest BCUT2D eigenvalue weighted by molar-refractivity contribution is 0.867. The van der Waals surface area contributed by atoms with Crippen molar-refractivity contribution in [3.63, 3.8) is 0 Å². The normalized spacial score (nSPS) is 10.9. The monoisotopic (exact) mass is 304 g/mol. The summed E-state index contributed by atoms with van der Waals surface area (Å²) in [5.41, 5.74) is 4.58. The van der Waals surface area contributed by atoms with Crippen LogP contribution >= 0.6 is 15.9 Å². The van der Waals surface area contributed by atoms with Crippen molar-refractivity contribution in [2.24, 2.45) is 0 Å². The van der Waals surface area contributed by atoms with Crippen molar-refractivity contribution in [3.8, 4) is 11.4 Å². The predicted octanol–water partition coefficient (Wildman–Crippen LogP) is 4.47. The molecule has 0 saturated heterocycles. The molecule has 0 atom stereocenters. The first-order valence-electron chi connectivity index (χ1n) is 6.10. The minimum absolute atomic E-state index is 0.553. The van der Waals surface area contributed by atoms with Gasteiger partial charge in [0.05, 0.1) is 0 Å². The Balaban J connectivity index is 2.34. The minimum atomic E-state index is 0.553. The van der Waals surface area contributed by atoms with Crippen LogP contribution in [0.1, 0.15) is 36.6 Å². The fourth-order valence-electron chi connectivity index (χ4n) is 1.78. The molecule has 2 aromatic rings. The molecule has 0 radical (unpaired) electrons. The summed E-state index contributed by atoms with van der Waals surface area (Å²) in [4.78, 5) is 8.96. The van der Waals surface area contributed by atoms with Crippen LogP contribution in [0.25, 0.3) is 11.4 Å². The topological polar surface area (TPSA) is 25.8 Å². The van der Waals surface area contributed by atoms with Crippen molar-refractivity contribution < 1.29 is 0 Å². The van der Waals surface area contributed by atoms with Crippen LogP contribution in [0.5, 0.6) is 0 Å². The van der Waals surface area contributed by atoms with E-state index in [-0.39, 0.29) is 0 Å². The Labute approximate surface area is 117 Å². The van der Waals surface area contributed by atoms with Gasteiger partial charge in [-0.1, -0.05) is 54.0 Å². The first-order valence-corrected chi connectivity index (χ1v) is 7.22. The maximum atomic E-state index is 4.55. The van der Waals surface area contributed by atoms with E-state index in [1.165, 1.54) is 5.56 Å². The number of halogens is 1. The van der Waals surface area contributed by atoms with Gasteiger partial charge in [-0.05, 0) is 18.4 Å². The Kier molecular flexibility index (Phi) is 4.12. The summed E-state index contributed by atoms with van der Waals surface area (Å²) in [6.45, 7) is 6.41. The van der Waals surface area contributed by atoms with Gasteiger partial charge in [0.25, 0.3) is 0 Å². The summed E-state index contributed by atoms with van der Waals surface area (Å²) >= 11 is 3.43. The number of nitrogens with zero attached hydrogens (tertiary/aromatic N) is 2. The average Bonchev–Trinajstić information content (AvgIpc) is 2.38. The molecule has 2 rings (SSSR count). The van der Waals surface area contributed by atoms with E-state index in [0.29, 0.717) is 5.92 Å². The molecule has 0 saturated carbocycles. The highest BCUT2D eigenvalue weighted by Gasteiger charge is 2.05. The molecule has 0 aliphatic heterocycles. The van der Waals surface area contributed by atoms with E-state index in [4.69, 9.17) is 0 Å². The predicted molar refractivity (Wildman–Crippen MR) is 78.9 cm³/mol. The molecule has 2 nitrogen and oxygen atoms in total. The SMILES string of the molecule is Cc1nc(-c2ccc(C(C)C)cc2)ncc1CBr. The van der Waals surface area contributed by atoms with Gasteiger partial charge in [-0.2, -0.15) is 0 Å². The van der Waals surface area contributed by atoms with Crippen LogP contribution in [-0.2, 0) is 5.33 Å². The van der Waals surface area contributed by atoms with E-state index < -0.39 is 0 Å². The lowest BCUT2D eigenvalue weighted by Gasteiger charge is -2.07. The largest absolute Gasteiger partial charge is 0.236 e. The third-order valence-corrected chi connectivity index (χ3v) is 3.66. The minimum Gasteiger partial charge on any atom is -0.236 e. The molecule has 3 heteroatoms. The van der Waals surface area contributed by atoms with Crippen LogP contribution in [0.15, 0.2) is 30.5 Å². The molecule has 0 N–H and O–H groups in total. The lowest BCUT2D eigenvalue weighted by Crippen LogP contribution is -1.96. The zero-order chi connectivity index (χ0) is 13.1. The number of rotatable bonds is 3. The summed E-state index contributed by atoms with van der Waals surface area (Å²) in [5.74, 6) is 1.35. The molecule has 94 valence electrons. The molecule has 1 aromatic heterocycles. The van der Waals surface area contributed by atoms with Gasteiger partial charge in [-0.25, -0.2) is 9.97 Å². The molecule has 1 heterocycles. The van der Waals surface area contributed by atoms with Crippen LogP contribution in [0.3, 0.4) is 0 Å². The smallest absolute Gasteiger partial charge is 0.159 e. The van der Waals surface area contributed by atoms with Gasteiger partial charge in [0.1, 0.15) is 0 Å². The Bertz CT molecular complexity index is 533. The zero-order valence-corrected chi connectivity index (χ0v) is 12.5. The Morgan fingerprint density at radius 3 is 2.33 bits per heavy atom. The summed E-state index contributed by atoms with van der Waals surface area (Å²) in [5, 5.41) is 0.797. The van der Waals surface area contributed by atoms with E-state index >= 15 is 0 Å². The van der Waals surface area contributed by atoms with Crippen molar-refractivity contribution in [2.75, 3.05) is 0 Å². The molecule has 18 heavy (non-hydrogen) atoms. The van der Waals surface area contributed by atoms with Crippen LogP contribution in [-0.4, -0.2) is 9.97 Å². The van der Waals surface area contributed by atoms with Crippen LogP contribution in [0.4, 0.5) is 0 Å². The van der Waals surface area contributed by atoms with E-state index in [1.807, 2.05) is 13.1 Å². The number of hydrogen-bond donors (Lipinski definition) is 0. The summed E-state index contributed by atoms with van der Waals surface area (Å²) < 4.78 is 0. The van der Waals surface area contributed by atoms with E-state index in [2.05, 4.69) is 64.0 Å². The lowest BCUT2D eigenvalue weighted by atomic mass is 10.0. The Morgan fingerprint density at radius 2 is 1.83 bits per heavy atom. The molecule has 0 aliphatic rings. The van der Waals surface area contributed by atoms with Crippen molar-refractivity contribution in [2.45, 2.75) is 32.0 Å². The summed E-state index contributed by atoms with van der Waals surface area (Å²) in [7, 11) is 0. The number of aryl methyl sites for hydroxylation is 1. The average molecular weight is 305 g/mol. The van der Waals surface area contributed by atoms with Crippen LogP contribution in [0, 0.1) is 6.92 Å². The highest BCUT2D eigenvalue weighted by Crippen LogP contribution is 2.21. The second-order valence-corrected chi connectivity index (χ2v) is 5.28. The molecule has 0 bridgehead atoms. The Hall–Kier alpha value is -1.22. The quantitative estimate of drug-likeness (QED) is 0.782. The van der Waals surface area contributed by atoms with Gasteiger partial charge >= 0.3 is 0 Å². The highest BCUT2D eigenvalue weighted by atomic mass is 79.9. The molecule has 0 fully saturated rings. The van der Waals surface area contributed by atoms with Gasteiger partial charge in [-0.15, -0.1) is 0 Å². The summed E-state index contributed by atoms with van der Waals surface area (Å²) in [6.07, 6.45) is 1.89. The van der Waals surface area contributed by atoms with Crippen molar-refractivity contribution in [1.29, 1.82) is 0 Å². The van der Waals surface area contributed by atoms with Gasteiger partial charge in [0.2, 0.25) is 0 Å².